The van der Waals surface area contributed by atoms with Gasteiger partial charge in [0, 0.05) is 29.6 Å². The molecule has 26 heavy (non-hydrogen) atoms. The number of ether oxygens (including phenoxy) is 2. The number of methoxy groups -OCH3 is 1. The average Bonchev–Trinajstić information content (AvgIpc) is 2.68. The molecular formula is C18H27BrN2O4S. The van der Waals surface area contributed by atoms with E-state index in [4.69, 9.17) is 9.47 Å². The molecule has 1 N–H and O–H groups in total. The largest absolute Gasteiger partial charge is 0.495 e. The summed E-state index contributed by atoms with van der Waals surface area (Å²) < 4.78 is 40.3. The lowest BCUT2D eigenvalue weighted by atomic mass is 9.80. The first kappa shape index (κ1) is 20.1. The fraction of sp³-hybridized carbons (Fsp3) is 0.667. The molecule has 1 aliphatic carbocycles. The van der Waals surface area contributed by atoms with Crippen molar-refractivity contribution in [3.63, 3.8) is 0 Å². The van der Waals surface area contributed by atoms with Gasteiger partial charge in [-0.2, -0.15) is 0 Å². The third-order valence-electron chi connectivity index (χ3n) is 5.47. The predicted octanol–water partition coefficient (Wildman–Crippen LogP) is 2.77. The molecule has 1 aromatic rings. The van der Waals surface area contributed by atoms with Gasteiger partial charge in [0.25, 0.3) is 0 Å². The van der Waals surface area contributed by atoms with Crippen LogP contribution in [-0.2, 0) is 14.8 Å². The topological polar surface area (TPSA) is 67.9 Å². The molecule has 0 amide bonds. The summed E-state index contributed by atoms with van der Waals surface area (Å²) in [6, 6.07) is 5.02. The summed E-state index contributed by atoms with van der Waals surface area (Å²) in [6.07, 6.45) is 5.53. The highest BCUT2D eigenvalue weighted by molar-refractivity contribution is 9.10. The van der Waals surface area contributed by atoms with E-state index in [-0.39, 0.29) is 10.4 Å². The highest BCUT2D eigenvalue weighted by Gasteiger charge is 2.39. The zero-order valence-electron chi connectivity index (χ0n) is 15.2. The second-order valence-electron chi connectivity index (χ2n) is 7.00. The van der Waals surface area contributed by atoms with Crippen LogP contribution in [0.4, 0.5) is 0 Å². The van der Waals surface area contributed by atoms with Gasteiger partial charge in [-0.1, -0.05) is 35.2 Å². The number of morpholine rings is 1. The van der Waals surface area contributed by atoms with Crippen LogP contribution in [0.1, 0.15) is 32.1 Å². The number of nitrogens with one attached hydrogen (secondary N) is 1. The van der Waals surface area contributed by atoms with Gasteiger partial charge in [-0.15, -0.1) is 0 Å². The molecule has 1 heterocycles. The van der Waals surface area contributed by atoms with E-state index in [2.05, 4.69) is 25.6 Å². The molecule has 0 spiro atoms. The number of hydrogen-bond acceptors (Lipinski definition) is 5. The molecule has 0 radical (unpaired) electrons. The quantitative estimate of drug-likeness (QED) is 0.727. The van der Waals surface area contributed by atoms with Crippen LogP contribution in [0.3, 0.4) is 0 Å². The van der Waals surface area contributed by atoms with Crippen molar-refractivity contribution in [2.45, 2.75) is 42.5 Å². The first-order valence-electron chi connectivity index (χ1n) is 9.13. The number of rotatable bonds is 6. The third kappa shape index (κ3) is 4.42. The Kier molecular flexibility index (Phi) is 6.61. The lowest BCUT2D eigenvalue weighted by Gasteiger charge is -2.48. The zero-order valence-corrected chi connectivity index (χ0v) is 17.6. The second kappa shape index (κ2) is 8.56. The smallest absolute Gasteiger partial charge is 0.244 e. The van der Waals surface area contributed by atoms with Gasteiger partial charge >= 0.3 is 0 Å². The van der Waals surface area contributed by atoms with Crippen LogP contribution < -0.4 is 9.46 Å². The van der Waals surface area contributed by atoms with Gasteiger partial charge in [-0.3, -0.25) is 4.90 Å². The van der Waals surface area contributed by atoms with Crippen LogP contribution >= 0.6 is 15.9 Å². The summed E-state index contributed by atoms with van der Waals surface area (Å²) in [5.74, 6) is 0.352. The molecule has 0 atom stereocenters. The van der Waals surface area contributed by atoms with Crippen molar-refractivity contribution in [1.29, 1.82) is 0 Å². The Bertz CT molecular complexity index is 714. The van der Waals surface area contributed by atoms with Gasteiger partial charge in [0.1, 0.15) is 10.6 Å². The number of benzene rings is 1. The van der Waals surface area contributed by atoms with Gasteiger partial charge in [-0.05, 0) is 31.0 Å². The molecule has 2 fully saturated rings. The summed E-state index contributed by atoms with van der Waals surface area (Å²) >= 11 is 3.35. The van der Waals surface area contributed by atoms with Crippen molar-refractivity contribution in [2.24, 2.45) is 0 Å². The van der Waals surface area contributed by atoms with Crippen LogP contribution in [0, 0.1) is 0 Å². The minimum atomic E-state index is -3.66. The van der Waals surface area contributed by atoms with Crippen molar-refractivity contribution >= 4 is 26.0 Å². The lowest BCUT2D eigenvalue weighted by molar-refractivity contribution is -0.0348. The molecule has 1 saturated heterocycles. The first-order chi connectivity index (χ1) is 12.5. The zero-order chi connectivity index (χ0) is 18.6. The molecule has 6 nitrogen and oxygen atoms in total. The van der Waals surface area contributed by atoms with Crippen LogP contribution in [0.5, 0.6) is 5.75 Å². The van der Waals surface area contributed by atoms with Crippen molar-refractivity contribution in [2.75, 3.05) is 40.0 Å². The van der Waals surface area contributed by atoms with Crippen LogP contribution in [0.15, 0.2) is 27.6 Å². The van der Waals surface area contributed by atoms with E-state index in [1.54, 1.807) is 18.2 Å². The molecule has 146 valence electrons. The minimum Gasteiger partial charge on any atom is -0.495 e. The standard InChI is InChI=1S/C18H27BrN2O4S/c1-24-16-6-5-15(19)13-17(16)26(22,23)20-14-18(7-3-2-4-8-18)21-9-11-25-12-10-21/h5-6,13,20H,2-4,7-12,14H2,1H3. The van der Waals surface area contributed by atoms with E-state index in [1.165, 1.54) is 13.5 Å². The maximum absolute atomic E-state index is 13.0. The van der Waals surface area contributed by atoms with Crippen molar-refractivity contribution in [1.82, 2.24) is 9.62 Å². The number of hydrogen-bond donors (Lipinski definition) is 1. The molecule has 1 saturated carbocycles. The average molecular weight is 447 g/mol. The Morgan fingerprint density at radius 2 is 1.92 bits per heavy atom. The van der Waals surface area contributed by atoms with Crippen LogP contribution in [0.25, 0.3) is 0 Å². The number of sulfonamides is 1. The Hall–Kier alpha value is -0.670. The number of halogens is 1. The number of nitrogens with zero attached hydrogens (tertiary/aromatic N) is 1. The second-order valence-corrected chi connectivity index (χ2v) is 9.66. The monoisotopic (exact) mass is 446 g/mol. The SMILES string of the molecule is COc1ccc(Br)cc1S(=O)(=O)NCC1(N2CCOCC2)CCCCC1. The maximum Gasteiger partial charge on any atom is 0.244 e. The van der Waals surface area contributed by atoms with Gasteiger partial charge in [0.05, 0.1) is 20.3 Å². The molecule has 8 heteroatoms. The van der Waals surface area contributed by atoms with Crippen molar-refractivity contribution in [3.05, 3.63) is 22.7 Å². The molecule has 2 aliphatic rings. The van der Waals surface area contributed by atoms with E-state index in [0.29, 0.717) is 30.0 Å². The molecular weight excluding hydrogens is 420 g/mol. The van der Waals surface area contributed by atoms with Crippen LogP contribution in [0.2, 0.25) is 0 Å². The van der Waals surface area contributed by atoms with Gasteiger partial charge in [0.15, 0.2) is 0 Å². The van der Waals surface area contributed by atoms with E-state index in [9.17, 15) is 8.42 Å². The highest BCUT2D eigenvalue weighted by Crippen LogP contribution is 2.35. The lowest BCUT2D eigenvalue weighted by Crippen LogP contribution is -2.59. The van der Waals surface area contributed by atoms with E-state index >= 15 is 0 Å². The molecule has 1 aliphatic heterocycles. The minimum absolute atomic E-state index is 0.117. The van der Waals surface area contributed by atoms with Gasteiger partial charge < -0.3 is 9.47 Å². The van der Waals surface area contributed by atoms with E-state index in [0.717, 1.165) is 38.8 Å². The van der Waals surface area contributed by atoms with Crippen molar-refractivity contribution < 1.29 is 17.9 Å². The fourth-order valence-corrected chi connectivity index (χ4v) is 5.85. The van der Waals surface area contributed by atoms with Crippen LogP contribution in [-0.4, -0.2) is 58.8 Å². The Morgan fingerprint density at radius 3 is 2.58 bits per heavy atom. The highest BCUT2D eigenvalue weighted by atomic mass is 79.9. The first-order valence-corrected chi connectivity index (χ1v) is 11.4. The summed E-state index contributed by atoms with van der Waals surface area (Å²) in [7, 11) is -2.18. The molecule has 0 aromatic heterocycles. The molecule has 3 rings (SSSR count). The van der Waals surface area contributed by atoms with E-state index < -0.39 is 10.0 Å². The summed E-state index contributed by atoms with van der Waals surface area (Å²) in [4.78, 5) is 2.60. The van der Waals surface area contributed by atoms with E-state index in [1.807, 2.05) is 0 Å². The summed E-state index contributed by atoms with van der Waals surface area (Å²) in [6.45, 7) is 3.58. The Labute approximate surface area is 164 Å². The summed E-state index contributed by atoms with van der Waals surface area (Å²) in [5, 5.41) is 0. The Balaban J connectivity index is 1.81. The van der Waals surface area contributed by atoms with Crippen molar-refractivity contribution in [3.8, 4) is 5.75 Å². The molecule has 0 bridgehead atoms. The summed E-state index contributed by atoms with van der Waals surface area (Å²) in [5.41, 5.74) is -0.117. The molecule has 1 aromatic carbocycles. The maximum atomic E-state index is 13.0. The fourth-order valence-electron chi connectivity index (χ4n) is 4.02. The Morgan fingerprint density at radius 1 is 1.23 bits per heavy atom. The predicted molar refractivity (Wildman–Crippen MR) is 104 cm³/mol. The normalized spacial score (nSPS) is 21.5. The van der Waals surface area contributed by atoms with Gasteiger partial charge in [0.2, 0.25) is 10.0 Å². The molecule has 0 unspecified atom stereocenters. The third-order valence-corrected chi connectivity index (χ3v) is 7.39. The van der Waals surface area contributed by atoms with Gasteiger partial charge in [-0.25, -0.2) is 13.1 Å².